The van der Waals surface area contributed by atoms with Gasteiger partial charge in [0.15, 0.2) is 30.0 Å². The zero-order valence-corrected chi connectivity index (χ0v) is 82.5. The van der Waals surface area contributed by atoms with Gasteiger partial charge in [0.2, 0.25) is 28.6 Å². The number of benzene rings is 7. The van der Waals surface area contributed by atoms with Crippen molar-refractivity contribution in [2.45, 2.75) is 221 Å². The molecule has 1 aliphatic carbocycles. The van der Waals surface area contributed by atoms with Gasteiger partial charge in [-0.05, 0) is 141 Å². The normalized spacial score (nSPS) is 16.0. The first-order valence-corrected chi connectivity index (χ1v) is 45.6. The number of rotatable bonds is 22. The number of hydrogen-bond donors (Lipinski definition) is 4. The molecule has 0 bridgehead atoms. The predicted molar refractivity (Wildman–Crippen MR) is 517 cm³/mol. The largest absolute Gasteiger partial charge is 1.00 e. The van der Waals surface area contributed by atoms with Gasteiger partial charge >= 0.3 is 0 Å². The Balaban J connectivity index is 0.000000318. The number of aromatic hydroxyl groups is 3. The first-order valence-electron chi connectivity index (χ1n) is 42.3. The van der Waals surface area contributed by atoms with Gasteiger partial charge in [0, 0.05) is 147 Å². The van der Waals surface area contributed by atoms with Crippen LogP contribution in [0, 0.1) is 16.0 Å². The molecule has 123 heavy (non-hydrogen) atoms. The van der Waals surface area contributed by atoms with E-state index in [0.717, 1.165) is 78.3 Å². The first kappa shape index (κ1) is 107. The monoisotopic (exact) mass is 1950 g/mol. The standard InChI is InChI=1S/C33H37BrN2O2.2C17H25BrN.C11H13N.C7H9N.C6H6O.C5H10O.C4H2O4.CH3NO2.BrH.ClH/c1-32(2)24-14-8-10-16-26(24)35(5)28(32)20-22-30(37)23(31(22)38)21-29-33(3,4)25-15-9-11-17-27(25)36(29)19-13-7-6-12-18-34;2*1-14-17(2,3)15-10-6-7-11-16(15)19(14)13-9-5-4-8-12-18;1-8-11(2,3)9-6-4-5-7-10(9)12-8;8-6-7-4-2-1-3-5-7;7-6-4-2-1-3-5-6;1-4(2)5(3)6;5-1-2(6)4(8)3(1)7;1-2(3)4;;/h8-11,14-17,20-21H,6-7,12-13,18-19H2,1-5H3;2*6-7,10-11H,4-5,8-9,12-13H2,1-3H3;4-7H,1-3H3;1-5H,6,8H2;1-5,7H;4H,1-3H3;5-6H;1H3;2*1H/q;2*+1;;;;;;;;/p-1. The van der Waals surface area contributed by atoms with E-state index in [4.69, 9.17) is 31.2 Å². The van der Waals surface area contributed by atoms with Crippen molar-refractivity contribution in [3.8, 4) is 17.2 Å². The maximum absolute atomic E-state index is 13.4. The maximum Gasteiger partial charge on any atom is 0.275 e. The van der Waals surface area contributed by atoms with Crippen LogP contribution in [-0.2, 0) is 43.2 Å². The van der Waals surface area contributed by atoms with Gasteiger partial charge in [-0.2, -0.15) is 13.7 Å². The van der Waals surface area contributed by atoms with Crippen molar-refractivity contribution in [2.75, 3.05) is 54.6 Å². The Labute approximate surface area is 773 Å². The highest BCUT2D eigenvalue weighted by atomic mass is 79.9. The van der Waals surface area contributed by atoms with E-state index in [1.807, 2.05) is 87.6 Å². The number of nitrogens with zero attached hydrogens (tertiary/aromatic N) is 6. The number of carbonyl (C=O) groups is 2. The van der Waals surface area contributed by atoms with Crippen LogP contribution in [0.1, 0.15) is 221 Å². The second-order valence-corrected chi connectivity index (χ2v) is 36.4. The third-order valence-corrected chi connectivity index (χ3v) is 25.4. The van der Waals surface area contributed by atoms with Crippen molar-refractivity contribution in [2.24, 2.45) is 16.6 Å². The molecular weight excluding hydrogens is 1830 g/mol. The number of aliphatic imine (C=N–C) groups is 1. The zero-order chi connectivity index (χ0) is 89.7. The van der Waals surface area contributed by atoms with Crippen LogP contribution in [0.4, 0.5) is 28.4 Å². The lowest BCUT2D eigenvalue weighted by molar-refractivity contribution is -0.445. The Morgan fingerprint density at radius 3 is 1.28 bits per heavy atom. The number of fused-ring (bicyclic) bond motifs is 5. The third-order valence-electron chi connectivity index (χ3n) is 23.7. The van der Waals surface area contributed by atoms with Crippen LogP contribution >= 0.6 is 60.2 Å². The molecule has 8 aromatic carbocycles. The molecule has 22 heteroatoms. The minimum absolute atomic E-state index is 0. The SMILES string of the molecule is CC(=O)C(C)C.CC1=Nc2ccccc2C1(C)C.CC1=[N+](CCCCCCBr)c2ccccc2C1(C)C.CC1=[N+](CCCCCCBr)c2ccccc2C1(C)C.C[N+](=O)[O-].C[N+]1=C(C=C2C(=O)C(C=C3N(CCCCCCBr)c4ccccc4C3(C)C)=C2[O-])C(C)(C)c2ccccc21.Cl.NCc1ccccc1.O=c1c(O)c(O)c1=O.Oc1ccccc1.[Br-]. The first-order chi connectivity index (χ1) is 57.2. The number of Topliss-reactive ketones (excluding diaryl/α,β-unsaturated/α-hetero) is 2. The van der Waals surface area contributed by atoms with Gasteiger partial charge in [-0.3, -0.25) is 34.3 Å². The van der Waals surface area contributed by atoms with E-state index >= 15 is 0 Å². The summed E-state index contributed by atoms with van der Waals surface area (Å²) in [6.07, 6.45) is 18.8. The number of nitrogens with two attached hydrogens (primary N) is 1. The highest BCUT2D eigenvalue weighted by molar-refractivity contribution is 9.09. The Kier molecular flexibility index (Phi) is 43.4. The lowest BCUT2D eigenvalue weighted by Gasteiger charge is -2.33. The second-order valence-electron chi connectivity index (χ2n) is 34.0. The van der Waals surface area contributed by atoms with Crippen LogP contribution in [0.15, 0.2) is 231 Å². The van der Waals surface area contributed by atoms with Crippen LogP contribution in [0.3, 0.4) is 0 Å². The van der Waals surface area contributed by atoms with E-state index in [2.05, 4.69) is 265 Å². The van der Waals surface area contributed by atoms with Gasteiger partial charge in [0.05, 0.1) is 21.9 Å². The molecule has 5 N–H and O–H groups in total. The van der Waals surface area contributed by atoms with E-state index in [0.29, 0.717) is 17.9 Å². The Morgan fingerprint density at radius 1 is 0.528 bits per heavy atom. The summed E-state index contributed by atoms with van der Waals surface area (Å²) in [7, 11) is 2.90. The summed E-state index contributed by atoms with van der Waals surface area (Å²) < 4.78 is 7.17. The zero-order valence-electron chi connectivity index (χ0n) is 75.4. The van der Waals surface area contributed by atoms with Gasteiger partial charge < -0.3 is 48.0 Å². The quantitative estimate of drug-likeness (QED) is 0.00941. The molecule has 0 unspecified atom stereocenters. The molecule has 0 saturated carbocycles. The van der Waals surface area contributed by atoms with E-state index in [-0.39, 0.29) is 85.3 Å². The number of alkyl halides is 3. The number of phenols is 1. The molecule has 0 saturated heterocycles. The van der Waals surface area contributed by atoms with Crippen molar-refractivity contribution in [1.82, 2.24) is 0 Å². The summed E-state index contributed by atoms with van der Waals surface area (Å²) in [4.78, 5) is 58.6. The van der Waals surface area contributed by atoms with E-state index in [9.17, 15) is 24.3 Å². The topological polar surface area (TPSA) is 246 Å². The van der Waals surface area contributed by atoms with Crippen molar-refractivity contribution in [3.63, 3.8) is 0 Å². The Bertz CT molecular complexity index is 5030. The number of unbranched alkanes of at least 4 members (excludes halogenated alkanes) is 9. The van der Waals surface area contributed by atoms with Gasteiger partial charge in [-0.15, -0.1) is 12.4 Å². The summed E-state index contributed by atoms with van der Waals surface area (Å²) in [5.74, 6) is -1.16. The lowest BCUT2D eigenvalue weighted by atomic mass is 9.77. The number of halogens is 5. The van der Waals surface area contributed by atoms with Crippen LogP contribution in [0.5, 0.6) is 17.2 Å². The lowest BCUT2D eigenvalue weighted by Crippen LogP contribution is -3.00. The molecule has 0 atom stereocenters. The number of ketones is 2. The van der Waals surface area contributed by atoms with Crippen LogP contribution in [0.25, 0.3) is 0 Å². The molecule has 17 nitrogen and oxygen atoms in total. The van der Waals surface area contributed by atoms with Crippen LogP contribution < -0.4 is 43.6 Å². The summed E-state index contributed by atoms with van der Waals surface area (Å²) in [5, 5.41) is 50.6. The molecule has 5 aliphatic heterocycles. The molecule has 0 radical (unpaired) electrons. The van der Waals surface area contributed by atoms with E-state index < -0.39 is 27.3 Å². The van der Waals surface area contributed by atoms with E-state index in [1.165, 1.54) is 132 Å². The fourth-order valence-corrected chi connectivity index (χ4v) is 16.4. The van der Waals surface area contributed by atoms with Gasteiger partial charge in [-0.1, -0.05) is 260 Å². The highest BCUT2D eigenvalue weighted by Crippen LogP contribution is 2.50. The van der Waals surface area contributed by atoms with Crippen LogP contribution in [-0.4, -0.2) is 118 Å². The molecule has 0 aromatic heterocycles. The summed E-state index contributed by atoms with van der Waals surface area (Å²) in [6, 6.07) is 61.5. The minimum atomic E-state index is -1.01. The molecule has 6 aliphatic rings. The second kappa shape index (κ2) is 49.9. The number of allylic oxidation sites excluding steroid dienone is 5. The molecule has 14 rings (SSSR count). The summed E-state index contributed by atoms with van der Waals surface area (Å²) >= 11 is 10.5. The van der Waals surface area contributed by atoms with Gasteiger partial charge in [0.25, 0.3) is 10.9 Å². The minimum Gasteiger partial charge on any atom is -1.00 e. The molecule has 5 heterocycles. The number of phenolic OH excluding ortho intramolecular Hbond substituents is 1. The average molecular weight is 1960 g/mol. The van der Waals surface area contributed by atoms with Crippen molar-refractivity contribution in [3.05, 3.63) is 281 Å². The Morgan fingerprint density at radius 2 is 0.902 bits per heavy atom. The molecular formula is C101H131Br4ClN7O10+. The number of para-hydroxylation sites is 6. The number of carbonyl (C=O) groups excluding carboxylic acids is 2. The van der Waals surface area contributed by atoms with E-state index in [1.54, 1.807) is 31.2 Å². The Hall–Kier alpha value is -8.57. The maximum atomic E-state index is 13.4. The highest BCUT2D eigenvalue weighted by Gasteiger charge is 2.47. The predicted octanol–water partition coefficient (Wildman–Crippen LogP) is 19.4. The van der Waals surface area contributed by atoms with Gasteiger partial charge in [-0.25, -0.2) is 0 Å². The van der Waals surface area contributed by atoms with Crippen molar-refractivity contribution in [1.29, 1.82) is 0 Å². The summed E-state index contributed by atoms with van der Waals surface area (Å²) in [6.45, 7) is 38.4. The van der Waals surface area contributed by atoms with Crippen LogP contribution in [0.2, 0.25) is 0 Å². The van der Waals surface area contributed by atoms with Crippen molar-refractivity contribution < 1.29 is 65.6 Å². The number of nitro groups is 1. The molecule has 8 aromatic rings. The third kappa shape index (κ3) is 27.7. The average Bonchev–Trinajstić information content (AvgIpc) is 1.61. The van der Waals surface area contributed by atoms with Gasteiger partial charge in [0.1, 0.15) is 31.7 Å². The fraction of sp³-hybridized carbons (Fsp3) is 0.426. The fourth-order valence-electron chi connectivity index (χ4n) is 15.2. The smallest absolute Gasteiger partial charge is 0.275 e. The molecule has 0 spiro atoms. The molecule has 664 valence electrons. The number of hydrogen-bond acceptors (Lipinski definition) is 13. The molecule has 0 fully saturated rings. The molecule has 0 amide bonds. The number of anilines is 1. The van der Waals surface area contributed by atoms with Crippen molar-refractivity contribution >= 4 is 123 Å². The summed E-state index contributed by atoms with van der Waals surface area (Å²) in [5.41, 5.74) is 24.3.